The first kappa shape index (κ1) is 33.0. The zero-order valence-corrected chi connectivity index (χ0v) is 24.0. The van der Waals surface area contributed by atoms with Crippen molar-refractivity contribution in [2.75, 3.05) is 41.2 Å². The van der Waals surface area contributed by atoms with Crippen molar-refractivity contribution in [3.8, 4) is 34.5 Å². The maximum atomic E-state index is 13.7. The van der Waals surface area contributed by atoms with Gasteiger partial charge in [-0.15, -0.1) is 0 Å². The van der Waals surface area contributed by atoms with Gasteiger partial charge in [-0.1, -0.05) is 41.5 Å². The van der Waals surface area contributed by atoms with Crippen molar-refractivity contribution in [2.45, 2.75) is 41.5 Å². The molecule has 202 valence electrons. The number of ether oxygens (including phenoxy) is 6. The van der Waals surface area contributed by atoms with E-state index in [2.05, 4.69) is 41.5 Å². The third-order valence-corrected chi connectivity index (χ3v) is 6.17. The number of hydrogen-bond donors (Lipinski definition) is 0. The van der Waals surface area contributed by atoms with E-state index in [1.54, 1.807) is 19.2 Å². The molecular formula is C28H42LiO7P. The molecule has 0 saturated carbocycles. The summed E-state index contributed by atoms with van der Waals surface area (Å²) in [5.74, 6) is 4.11. The Morgan fingerprint density at radius 2 is 1.05 bits per heavy atom. The first-order valence-corrected chi connectivity index (χ1v) is 13.3. The van der Waals surface area contributed by atoms with Gasteiger partial charge in [0, 0.05) is 24.3 Å². The van der Waals surface area contributed by atoms with E-state index in [1.807, 2.05) is 12.1 Å². The van der Waals surface area contributed by atoms with Crippen LogP contribution in [0.2, 0.25) is 0 Å². The Labute approximate surface area is 235 Å². The van der Waals surface area contributed by atoms with Crippen LogP contribution in [0.15, 0.2) is 24.3 Å². The van der Waals surface area contributed by atoms with Crippen LogP contribution in [0, 0.1) is 17.8 Å². The van der Waals surface area contributed by atoms with Crippen LogP contribution in [0.1, 0.15) is 51.9 Å². The normalized spacial score (nSPS) is 11.1. The molecule has 0 heterocycles. The summed E-state index contributed by atoms with van der Waals surface area (Å²) in [4.78, 5) is 13.7. The summed E-state index contributed by atoms with van der Waals surface area (Å²) in [6.07, 6.45) is 0. The van der Waals surface area contributed by atoms with Gasteiger partial charge in [0.1, 0.15) is 40.1 Å². The van der Waals surface area contributed by atoms with Crippen molar-refractivity contribution in [2.24, 2.45) is 17.8 Å². The third-order valence-electron chi connectivity index (χ3n) is 4.95. The topological polar surface area (TPSA) is 72.5 Å². The minimum absolute atomic E-state index is 0. The summed E-state index contributed by atoms with van der Waals surface area (Å²) in [6, 6.07) is 7.06. The van der Waals surface area contributed by atoms with Crippen molar-refractivity contribution in [3.63, 3.8) is 0 Å². The van der Waals surface area contributed by atoms with Gasteiger partial charge in [-0.3, -0.25) is 4.79 Å². The third kappa shape index (κ3) is 9.97. The van der Waals surface area contributed by atoms with Crippen molar-refractivity contribution >= 4 is 38.3 Å². The molecule has 1 unspecified atom stereocenters. The van der Waals surface area contributed by atoms with Crippen LogP contribution in [0.25, 0.3) is 0 Å². The van der Waals surface area contributed by atoms with E-state index in [9.17, 15) is 4.79 Å². The van der Waals surface area contributed by atoms with Gasteiger partial charge in [0.05, 0.1) is 46.5 Å². The second kappa shape index (κ2) is 16.0. The summed E-state index contributed by atoms with van der Waals surface area (Å²) in [5.41, 5.74) is 0.190. The van der Waals surface area contributed by atoms with Crippen molar-refractivity contribution < 1.29 is 33.2 Å². The van der Waals surface area contributed by atoms with E-state index in [1.165, 1.54) is 14.2 Å². The fourth-order valence-corrected chi connectivity index (χ4v) is 4.31. The van der Waals surface area contributed by atoms with Crippen LogP contribution < -0.4 is 33.7 Å². The monoisotopic (exact) mass is 528 g/mol. The van der Waals surface area contributed by atoms with Gasteiger partial charge >= 0.3 is 18.9 Å². The van der Waals surface area contributed by atoms with E-state index < -0.39 is 0 Å². The van der Waals surface area contributed by atoms with E-state index in [-0.39, 0.29) is 33.0 Å². The van der Waals surface area contributed by atoms with Crippen LogP contribution >= 0.6 is 8.58 Å². The summed E-state index contributed by atoms with van der Waals surface area (Å²) in [6.45, 7) is 14.1. The van der Waals surface area contributed by atoms with Gasteiger partial charge in [-0.25, -0.2) is 0 Å². The van der Waals surface area contributed by atoms with E-state index in [0.29, 0.717) is 82.9 Å². The summed E-state index contributed by atoms with van der Waals surface area (Å²) < 4.78 is 34.8. The number of rotatable bonds is 15. The molecule has 1 atom stereocenters. The quantitative estimate of drug-likeness (QED) is 0.229. The zero-order valence-electron chi connectivity index (χ0n) is 23.0. The van der Waals surface area contributed by atoms with E-state index in [0.717, 1.165) is 0 Å². The fraction of sp³-hybridized carbons (Fsp3) is 0.536. The predicted molar refractivity (Wildman–Crippen MR) is 153 cm³/mol. The molecule has 0 amide bonds. The Morgan fingerprint density at radius 3 is 1.43 bits per heavy atom. The Balaban J connectivity index is 0.00000684. The van der Waals surface area contributed by atoms with Gasteiger partial charge in [0.2, 0.25) is 0 Å². The SMILES string of the molecule is COc1cc(OC)c(C(=O)Pc2c(OCC(C)C)cc(OCC(C)C)cc2OCC(C)C)c(OC)c1.[LiH]. The standard InChI is InChI=1S/C28H41O7P.Li.H/c1-17(2)14-33-21-12-24(34-15-18(3)4)27(25(13-21)35-16-19(5)6)36-28(29)26-22(31-8)10-20(30-7)11-23(26)32-9;;/h10-13,17-19,36H,14-16H2,1-9H3;;. The van der Waals surface area contributed by atoms with Crippen molar-refractivity contribution in [1.82, 2.24) is 0 Å². The Bertz CT molecular complexity index is 950. The second-order valence-corrected chi connectivity index (χ2v) is 11.0. The molecule has 0 aliphatic heterocycles. The van der Waals surface area contributed by atoms with Crippen LogP contribution in [0.3, 0.4) is 0 Å². The van der Waals surface area contributed by atoms with Gasteiger partial charge in [-0.05, 0) is 26.3 Å². The molecular weight excluding hydrogens is 486 g/mol. The van der Waals surface area contributed by atoms with Crippen LogP contribution in [0.5, 0.6) is 34.5 Å². The van der Waals surface area contributed by atoms with Crippen LogP contribution in [-0.2, 0) is 0 Å². The molecule has 0 saturated heterocycles. The van der Waals surface area contributed by atoms with Crippen LogP contribution in [-0.4, -0.2) is 65.5 Å². The number of carbonyl (C=O) groups is 1. The summed E-state index contributed by atoms with van der Waals surface area (Å²) >= 11 is 0. The molecule has 37 heavy (non-hydrogen) atoms. The first-order chi connectivity index (χ1) is 17.1. The van der Waals surface area contributed by atoms with Gasteiger partial charge < -0.3 is 28.4 Å². The van der Waals surface area contributed by atoms with E-state index in [4.69, 9.17) is 28.4 Å². The maximum absolute atomic E-state index is 13.7. The Morgan fingerprint density at radius 1 is 0.649 bits per heavy atom. The molecule has 0 aliphatic rings. The average Bonchev–Trinajstić information content (AvgIpc) is 2.84. The number of carbonyl (C=O) groups excluding carboxylic acids is 1. The van der Waals surface area contributed by atoms with Gasteiger partial charge in [0.25, 0.3) is 0 Å². The zero-order chi connectivity index (χ0) is 26.8. The molecule has 9 heteroatoms. The molecule has 0 radical (unpaired) electrons. The molecule has 2 aromatic carbocycles. The molecule has 0 fully saturated rings. The molecule has 0 bridgehead atoms. The predicted octanol–water partition coefficient (Wildman–Crippen LogP) is 5.31. The summed E-state index contributed by atoms with van der Waals surface area (Å²) in [5, 5.41) is 0.693. The Hall–Kier alpha value is -2.06. The number of methoxy groups -OCH3 is 3. The second-order valence-electron chi connectivity index (χ2n) is 9.77. The first-order valence-electron chi connectivity index (χ1n) is 12.3. The number of benzene rings is 2. The molecule has 2 rings (SSSR count). The van der Waals surface area contributed by atoms with E-state index >= 15 is 0 Å². The van der Waals surface area contributed by atoms with Crippen LogP contribution in [0.4, 0.5) is 0 Å². The fourth-order valence-electron chi connectivity index (χ4n) is 3.18. The molecule has 0 spiro atoms. The van der Waals surface area contributed by atoms with Crippen molar-refractivity contribution in [1.29, 1.82) is 0 Å². The molecule has 0 aliphatic carbocycles. The average molecular weight is 529 g/mol. The minimum atomic E-state index is -0.295. The summed E-state index contributed by atoms with van der Waals surface area (Å²) in [7, 11) is 4.29. The molecule has 7 nitrogen and oxygen atoms in total. The van der Waals surface area contributed by atoms with Gasteiger partial charge in [0.15, 0.2) is 5.52 Å². The number of hydrogen-bond acceptors (Lipinski definition) is 7. The molecule has 2 aromatic rings. The van der Waals surface area contributed by atoms with Crippen molar-refractivity contribution in [3.05, 3.63) is 29.8 Å². The molecule has 0 aromatic heterocycles. The Kier molecular flexibility index (Phi) is 14.3. The molecule has 0 N–H and O–H groups in total. The van der Waals surface area contributed by atoms with Gasteiger partial charge in [-0.2, -0.15) is 0 Å².